The molecule has 1 saturated heterocycles. The molecule has 2 aromatic rings. The van der Waals surface area contributed by atoms with Gasteiger partial charge in [-0.1, -0.05) is 29.8 Å². The molecular formula is C21H27Cl2N3O. The van der Waals surface area contributed by atoms with Crippen molar-refractivity contribution in [2.24, 2.45) is 0 Å². The van der Waals surface area contributed by atoms with Gasteiger partial charge >= 0.3 is 0 Å². The number of anilines is 2. The van der Waals surface area contributed by atoms with Crippen LogP contribution in [0.25, 0.3) is 0 Å². The van der Waals surface area contributed by atoms with Gasteiger partial charge in [-0.3, -0.25) is 9.69 Å². The van der Waals surface area contributed by atoms with Gasteiger partial charge in [-0.05, 0) is 42.7 Å². The molecule has 2 heterocycles. The molecule has 1 amide bonds. The minimum absolute atomic E-state index is 0. The predicted molar refractivity (Wildman–Crippen MR) is 117 cm³/mol. The van der Waals surface area contributed by atoms with Gasteiger partial charge in [0.1, 0.15) is 0 Å². The molecule has 0 spiro atoms. The number of hydrogen-bond acceptors (Lipinski definition) is 3. The normalized spacial score (nSPS) is 16.6. The van der Waals surface area contributed by atoms with Gasteiger partial charge in [0.2, 0.25) is 5.91 Å². The number of nitrogens with one attached hydrogen (secondary N) is 1. The number of fused-ring (bicyclic) bond motifs is 1. The van der Waals surface area contributed by atoms with E-state index < -0.39 is 0 Å². The molecule has 4 rings (SSSR count). The zero-order valence-corrected chi connectivity index (χ0v) is 17.2. The summed E-state index contributed by atoms with van der Waals surface area (Å²) in [6, 6.07) is 15.3. The fraction of sp³-hybridized carbons (Fsp3) is 0.381. The zero-order chi connectivity index (χ0) is 17.2. The summed E-state index contributed by atoms with van der Waals surface area (Å²) in [5.74, 6) is 0.130. The summed E-state index contributed by atoms with van der Waals surface area (Å²) in [5.41, 5.74) is 6.24. The molecule has 4 nitrogen and oxygen atoms in total. The molecule has 0 aromatic heterocycles. The zero-order valence-electron chi connectivity index (χ0n) is 15.6. The molecule has 2 aliphatic heterocycles. The molecule has 0 atom stereocenters. The lowest BCUT2D eigenvalue weighted by molar-refractivity contribution is -0.116. The van der Waals surface area contributed by atoms with Gasteiger partial charge in [0.15, 0.2) is 0 Å². The second-order valence-corrected chi connectivity index (χ2v) is 7.14. The van der Waals surface area contributed by atoms with Crippen LogP contribution < -0.4 is 10.2 Å². The van der Waals surface area contributed by atoms with Gasteiger partial charge in [-0.25, -0.2) is 0 Å². The van der Waals surface area contributed by atoms with Crippen molar-refractivity contribution < 1.29 is 4.79 Å². The minimum Gasteiger partial charge on any atom is -0.369 e. The van der Waals surface area contributed by atoms with Crippen molar-refractivity contribution in [3.05, 3.63) is 59.2 Å². The first-order valence-corrected chi connectivity index (χ1v) is 9.13. The second-order valence-electron chi connectivity index (χ2n) is 7.14. The second kappa shape index (κ2) is 9.45. The van der Waals surface area contributed by atoms with Crippen molar-refractivity contribution in [1.29, 1.82) is 0 Å². The summed E-state index contributed by atoms with van der Waals surface area (Å²) in [6.07, 6.45) is 1.45. The van der Waals surface area contributed by atoms with Crippen LogP contribution in [0.5, 0.6) is 0 Å². The van der Waals surface area contributed by atoms with Gasteiger partial charge in [0, 0.05) is 50.5 Å². The van der Waals surface area contributed by atoms with E-state index in [2.05, 4.69) is 64.5 Å². The van der Waals surface area contributed by atoms with E-state index in [4.69, 9.17) is 0 Å². The van der Waals surface area contributed by atoms with Crippen molar-refractivity contribution >= 4 is 42.1 Å². The summed E-state index contributed by atoms with van der Waals surface area (Å²) in [7, 11) is 0. The summed E-state index contributed by atoms with van der Waals surface area (Å²) in [6.45, 7) is 7.44. The fourth-order valence-corrected chi connectivity index (χ4v) is 3.68. The fourth-order valence-electron chi connectivity index (χ4n) is 3.68. The van der Waals surface area contributed by atoms with Crippen LogP contribution >= 0.6 is 24.8 Å². The van der Waals surface area contributed by atoms with Crippen molar-refractivity contribution in [3.63, 3.8) is 0 Å². The van der Waals surface area contributed by atoms with Crippen molar-refractivity contribution in [3.8, 4) is 0 Å². The molecule has 0 unspecified atom stereocenters. The summed E-state index contributed by atoms with van der Waals surface area (Å²) in [5, 5.41) is 2.96. The molecule has 6 heteroatoms. The molecule has 1 N–H and O–H groups in total. The molecule has 146 valence electrons. The van der Waals surface area contributed by atoms with E-state index in [-0.39, 0.29) is 30.7 Å². The minimum atomic E-state index is 0. The summed E-state index contributed by atoms with van der Waals surface area (Å²) in [4.78, 5) is 16.5. The number of amides is 1. The number of rotatable bonds is 3. The molecule has 2 aliphatic rings. The van der Waals surface area contributed by atoms with Crippen LogP contribution in [0.3, 0.4) is 0 Å². The maximum absolute atomic E-state index is 11.5. The highest BCUT2D eigenvalue weighted by Gasteiger charge is 2.20. The monoisotopic (exact) mass is 407 g/mol. The van der Waals surface area contributed by atoms with Crippen LogP contribution in [-0.2, 0) is 17.8 Å². The lowest BCUT2D eigenvalue weighted by atomic mass is 10.0. The van der Waals surface area contributed by atoms with Crippen LogP contribution in [0, 0.1) is 6.92 Å². The molecule has 0 aliphatic carbocycles. The van der Waals surface area contributed by atoms with Gasteiger partial charge in [-0.15, -0.1) is 24.8 Å². The average Bonchev–Trinajstić information content (AvgIpc) is 2.64. The van der Waals surface area contributed by atoms with E-state index in [1.165, 1.54) is 22.4 Å². The lowest BCUT2D eigenvalue weighted by Gasteiger charge is -2.36. The molecular weight excluding hydrogens is 381 g/mol. The third-order valence-corrected chi connectivity index (χ3v) is 5.25. The number of aryl methyl sites for hydroxylation is 2. The van der Waals surface area contributed by atoms with Gasteiger partial charge < -0.3 is 10.2 Å². The number of nitrogens with zero attached hydrogens (tertiary/aromatic N) is 2. The molecule has 27 heavy (non-hydrogen) atoms. The van der Waals surface area contributed by atoms with Gasteiger partial charge in [0.05, 0.1) is 0 Å². The summed E-state index contributed by atoms with van der Waals surface area (Å²) < 4.78 is 0. The molecule has 1 fully saturated rings. The van der Waals surface area contributed by atoms with Crippen LogP contribution in [0.2, 0.25) is 0 Å². The van der Waals surface area contributed by atoms with Crippen LogP contribution in [0.4, 0.5) is 11.4 Å². The highest BCUT2D eigenvalue weighted by atomic mass is 35.5. The molecule has 2 aromatic carbocycles. The number of carbonyl (C=O) groups is 1. The Balaban J connectivity index is 0.00000131. The Morgan fingerprint density at radius 2 is 1.63 bits per heavy atom. The Labute approximate surface area is 173 Å². The number of carbonyl (C=O) groups excluding carboxylic acids is 1. The van der Waals surface area contributed by atoms with Crippen LogP contribution in [0.15, 0.2) is 42.5 Å². The van der Waals surface area contributed by atoms with E-state index in [1.54, 1.807) is 0 Å². The highest BCUT2D eigenvalue weighted by molar-refractivity contribution is 5.94. The third kappa shape index (κ3) is 5.16. The first-order chi connectivity index (χ1) is 12.2. The predicted octanol–water partition coefficient (Wildman–Crippen LogP) is 4.05. The molecule has 0 radical (unpaired) electrons. The quantitative estimate of drug-likeness (QED) is 0.833. The average molecular weight is 408 g/mol. The number of hydrogen-bond donors (Lipinski definition) is 1. The molecule has 0 bridgehead atoms. The molecule has 0 saturated carbocycles. The smallest absolute Gasteiger partial charge is 0.224 e. The van der Waals surface area contributed by atoms with E-state index >= 15 is 0 Å². The number of piperazine rings is 1. The van der Waals surface area contributed by atoms with Crippen molar-refractivity contribution in [1.82, 2.24) is 4.90 Å². The van der Waals surface area contributed by atoms with Crippen molar-refractivity contribution in [2.45, 2.75) is 26.3 Å². The Morgan fingerprint density at radius 3 is 2.33 bits per heavy atom. The van der Waals surface area contributed by atoms with E-state index in [0.717, 1.165) is 44.8 Å². The number of benzene rings is 2. The maximum atomic E-state index is 11.5. The first kappa shape index (κ1) is 21.5. The van der Waals surface area contributed by atoms with E-state index in [9.17, 15) is 4.79 Å². The van der Waals surface area contributed by atoms with Crippen molar-refractivity contribution in [2.75, 3.05) is 36.4 Å². The van der Waals surface area contributed by atoms with E-state index in [1.807, 2.05) is 0 Å². The Kier molecular flexibility index (Phi) is 7.54. The largest absolute Gasteiger partial charge is 0.369 e. The number of halogens is 2. The van der Waals surface area contributed by atoms with Crippen LogP contribution in [0.1, 0.15) is 23.1 Å². The lowest BCUT2D eigenvalue weighted by Crippen LogP contribution is -2.46. The third-order valence-electron chi connectivity index (χ3n) is 5.25. The van der Waals surface area contributed by atoms with Gasteiger partial charge in [-0.2, -0.15) is 0 Å². The standard InChI is InChI=1S/C21H25N3O.2ClH/c1-16-2-4-17(5-3-16)15-23-10-12-24(13-11-23)19-7-8-20-18(14-19)6-9-21(25)22-20;;/h2-5,7-8,14H,6,9-13,15H2,1H3,(H,22,25);2*1H. The van der Waals surface area contributed by atoms with Gasteiger partial charge in [0.25, 0.3) is 0 Å². The Hall–Kier alpha value is -1.75. The van der Waals surface area contributed by atoms with Crippen LogP contribution in [-0.4, -0.2) is 37.0 Å². The maximum Gasteiger partial charge on any atom is 0.224 e. The Morgan fingerprint density at radius 1 is 0.926 bits per heavy atom. The Bertz CT molecular complexity index is 771. The topological polar surface area (TPSA) is 35.6 Å². The van der Waals surface area contributed by atoms with E-state index in [0.29, 0.717) is 6.42 Å². The SMILES string of the molecule is Cc1ccc(CN2CCN(c3ccc4c(c3)CCC(=O)N4)CC2)cc1.Cl.Cl. The first-order valence-electron chi connectivity index (χ1n) is 9.13. The summed E-state index contributed by atoms with van der Waals surface area (Å²) >= 11 is 0. The highest BCUT2D eigenvalue weighted by Crippen LogP contribution is 2.28.